The molecule has 0 bridgehead atoms. The molecule has 4 N–H and O–H groups in total. The Morgan fingerprint density at radius 3 is 2.64 bits per heavy atom. The molecule has 0 radical (unpaired) electrons. The van der Waals surface area contributed by atoms with Crippen LogP contribution in [0.5, 0.6) is 0 Å². The van der Waals surface area contributed by atoms with Crippen molar-refractivity contribution in [2.24, 2.45) is 5.73 Å². The molecule has 146 valence electrons. The maximum Gasteiger partial charge on any atom is 0.300 e. The molecule has 1 heterocycles. The van der Waals surface area contributed by atoms with Crippen LogP contribution in [0.2, 0.25) is 0 Å². The summed E-state index contributed by atoms with van der Waals surface area (Å²) in [7, 11) is 0. The van der Waals surface area contributed by atoms with Crippen LogP contribution >= 0.6 is 0 Å². The average molecular weight is 384 g/mol. The van der Waals surface area contributed by atoms with Crippen molar-refractivity contribution in [1.29, 1.82) is 0 Å². The van der Waals surface area contributed by atoms with Gasteiger partial charge in [-0.15, -0.1) is 0 Å². The summed E-state index contributed by atoms with van der Waals surface area (Å²) in [6, 6.07) is 11.7. The molecule has 1 atom stereocenters. The Morgan fingerprint density at radius 2 is 1.93 bits per heavy atom. The van der Waals surface area contributed by atoms with Gasteiger partial charge in [-0.1, -0.05) is 30.3 Å². The standard InChI is InChI=1S/C18H20N6O4/c19-10-4-7-14(18(25)20-11-12-5-2-1-3-6-12)21-13-8-9-15(24(26)27)17-16(13)22-28-23-17/h1-3,5-6,8-9,14,21H,4,7,10-11,19H2,(H,20,25). The number of amides is 1. The van der Waals surface area contributed by atoms with Gasteiger partial charge in [0.15, 0.2) is 5.52 Å². The van der Waals surface area contributed by atoms with Crippen LogP contribution in [-0.2, 0) is 11.3 Å². The highest BCUT2D eigenvalue weighted by Crippen LogP contribution is 2.29. The number of carbonyl (C=O) groups is 1. The SMILES string of the molecule is NCCCC(Nc1ccc([N+](=O)[O-])c2nonc12)C(=O)NCc1ccccc1. The van der Waals surface area contributed by atoms with Gasteiger partial charge in [-0.05, 0) is 41.3 Å². The number of carbonyl (C=O) groups excluding carboxylic acids is 1. The van der Waals surface area contributed by atoms with Crippen molar-refractivity contribution in [3.8, 4) is 0 Å². The summed E-state index contributed by atoms with van der Waals surface area (Å²) in [6.45, 7) is 0.826. The van der Waals surface area contributed by atoms with Crippen molar-refractivity contribution in [3.63, 3.8) is 0 Å². The molecule has 0 aliphatic heterocycles. The van der Waals surface area contributed by atoms with Gasteiger partial charge < -0.3 is 16.4 Å². The quantitative estimate of drug-likeness (QED) is 0.374. The third-order valence-corrected chi connectivity index (χ3v) is 4.24. The minimum atomic E-state index is -0.589. The number of aromatic nitrogens is 2. The van der Waals surface area contributed by atoms with Gasteiger partial charge >= 0.3 is 5.69 Å². The highest BCUT2D eigenvalue weighted by atomic mass is 16.6. The maximum atomic E-state index is 12.7. The predicted molar refractivity (Wildman–Crippen MR) is 102 cm³/mol. The van der Waals surface area contributed by atoms with E-state index in [0.717, 1.165) is 5.56 Å². The van der Waals surface area contributed by atoms with Crippen LogP contribution < -0.4 is 16.4 Å². The van der Waals surface area contributed by atoms with Gasteiger partial charge in [0.25, 0.3) is 0 Å². The zero-order valence-electron chi connectivity index (χ0n) is 15.0. The van der Waals surface area contributed by atoms with E-state index in [1.807, 2.05) is 30.3 Å². The number of hydrogen-bond donors (Lipinski definition) is 3. The fourth-order valence-electron chi connectivity index (χ4n) is 2.80. The van der Waals surface area contributed by atoms with Crippen LogP contribution in [0.3, 0.4) is 0 Å². The van der Waals surface area contributed by atoms with E-state index in [1.165, 1.54) is 12.1 Å². The lowest BCUT2D eigenvalue weighted by Gasteiger charge is -2.19. The van der Waals surface area contributed by atoms with Gasteiger partial charge in [0.05, 0.1) is 10.6 Å². The van der Waals surface area contributed by atoms with Gasteiger partial charge in [-0.3, -0.25) is 14.9 Å². The van der Waals surface area contributed by atoms with Crippen LogP contribution in [0, 0.1) is 10.1 Å². The zero-order valence-corrected chi connectivity index (χ0v) is 15.0. The first kappa shape index (κ1) is 19.2. The third kappa shape index (κ3) is 4.41. The summed E-state index contributed by atoms with van der Waals surface area (Å²) in [5.74, 6) is -0.208. The second-order valence-electron chi connectivity index (χ2n) is 6.18. The Morgan fingerprint density at radius 1 is 1.18 bits per heavy atom. The summed E-state index contributed by atoms with van der Waals surface area (Å²) >= 11 is 0. The fraction of sp³-hybridized carbons (Fsp3) is 0.278. The van der Waals surface area contributed by atoms with E-state index in [2.05, 4.69) is 25.6 Å². The van der Waals surface area contributed by atoms with Crippen molar-refractivity contribution in [2.45, 2.75) is 25.4 Å². The number of benzene rings is 2. The molecule has 0 aliphatic rings. The van der Waals surface area contributed by atoms with Crippen molar-refractivity contribution >= 4 is 28.3 Å². The monoisotopic (exact) mass is 384 g/mol. The van der Waals surface area contributed by atoms with E-state index in [9.17, 15) is 14.9 Å². The average Bonchev–Trinajstić information content (AvgIpc) is 3.20. The van der Waals surface area contributed by atoms with Crippen molar-refractivity contribution < 1.29 is 14.3 Å². The number of nitrogens with two attached hydrogens (primary N) is 1. The van der Waals surface area contributed by atoms with Gasteiger partial charge in [0, 0.05) is 12.6 Å². The molecule has 28 heavy (non-hydrogen) atoms. The van der Waals surface area contributed by atoms with Crippen LogP contribution in [0.1, 0.15) is 18.4 Å². The molecule has 0 saturated carbocycles. The number of hydrogen-bond acceptors (Lipinski definition) is 8. The number of nitro benzene ring substituents is 1. The van der Waals surface area contributed by atoms with Gasteiger partial charge in [0.2, 0.25) is 11.4 Å². The topological polar surface area (TPSA) is 149 Å². The lowest BCUT2D eigenvalue weighted by atomic mass is 10.1. The first-order chi connectivity index (χ1) is 13.6. The largest absolute Gasteiger partial charge is 0.372 e. The van der Waals surface area contributed by atoms with E-state index in [4.69, 9.17) is 5.73 Å². The van der Waals surface area contributed by atoms with Crippen LogP contribution in [-0.4, -0.2) is 33.7 Å². The molecular weight excluding hydrogens is 364 g/mol. The summed E-state index contributed by atoms with van der Waals surface area (Å²) in [6.07, 6.45) is 1.12. The Labute approximate surface area is 160 Å². The second-order valence-corrected chi connectivity index (χ2v) is 6.18. The van der Waals surface area contributed by atoms with Crippen LogP contribution in [0.15, 0.2) is 47.1 Å². The third-order valence-electron chi connectivity index (χ3n) is 4.24. The van der Waals surface area contributed by atoms with Crippen molar-refractivity contribution in [1.82, 2.24) is 15.6 Å². The molecule has 3 rings (SSSR count). The van der Waals surface area contributed by atoms with Crippen molar-refractivity contribution in [2.75, 3.05) is 11.9 Å². The number of non-ortho nitro benzene ring substituents is 1. The molecule has 0 aliphatic carbocycles. The van der Waals surface area contributed by atoms with Gasteiger partial charge in [-0.2, -0.15) is 0 Å². The minimum Gasteiger partial charge on any atom is -0.372 e. The molecule has 10 nitrogen and oxygen atoms in total. The number of nitrogens with one attached hydrogen (secondary N) is 2. The first-order valence-corrected chi connectivity index (χ1v) is 8.78. The maximum absolute atomic E-state index is 12.7. The minimum absolute atomic E-state index is 0.0252. The lowest BCUT2D eigenvalue weighted by molar-refractivity contribution is -0.383. The van der Waals surface area contributed by atoms with E-state index in [-0.39, 0.29) is 22.6 Å². The van der Waals surface area contributed by atoms with E-state index in [0.29, 0.717) is 31.6 Å². The number of nitro groups is 1. The Balaban J connectivity index is 1.78. The molecule has 1 amide bonds. The molecule has 2 aromatic carbocycles. The second kappa shape index (κ2) is 8.91. The van der Waals surface area contributed by atoms with E-state index in [1.54, 1.807) is 0 Å². The molecule has 0 spiro atoms. The summed E-state index contributed by atoms with van der Waals surface area (Å²) < 4.78 is 4.66. The number of anilines is 1. The number of nitrogens with zero attached hydrogens (tertiary/aromatic N) is 3. The zero-order chi connectivity index (χ0) is 19.9. The Bertz CT molecular complexity index is 959. The molecule has 10 heteroatoms. The Kier molecular flexibility index (Phi) is 6.12. The smallest absolute Gasteiger partial charge is 0.300 e. The number of rotatable bonds is 9. The lowest BCUT2D eigenvalue weighted by Crippen LogP contribution is -2.39. The molecule has 3 aromatic rings. The molecule has 0 saturated heterocycles. The molecule has 0 fully saturated rings. The molecule has 1 aromatic heterocycles. The Hall–Kier alpha value is -3.53. The summed E-state index contributed by atoms with van der Waals surface area (Å²) in [5, 5.41) is 24.4. The highest BCUT2D eigenvalue weighted by Gasteiger charge is 2.23. The molecule has 1 unspecified atom stereocenters. The number of fused-ring (bicyclic) bond motifs is 1. The van der Waals surface area contributed by atoms with Crippen molar-refractivity contribution in [3.05, 3.63) is 58.1 Å². The fourth-order valence-corrected chi connectivity index (χ4v) is 2.80. The normalized spacial score (nSPS) is 11.9. The first-order valence-electron chi connectivity index (χ1n) is 8.78. The van der Waals surface area contributed by atoms with Crippen LogP contribution in [0.25, 0.3) is 11.0 Å². The summed E-state index contributed by atoms with van der Waals surface area (Å²) in [4.78, 5) is 23.2. The highest BCUT2D eigenvalue weighted by molar-refractivity contribution is 5.95. The van der Waals surface area contributed by atoms with E-state index < -0.39 is 11.0 Å². The molecular formula is C18H20N6O4. The summed E-state index contributed by atoms with van der Waals surface area (Å²) in [5.41, 5.74) is 7.01. The van der Waals surface area contributed by atoms with Gasteiger partial charge in [-0.25, -0.2) is 4.63 Å². The van der Waals surface area contributed by atoms with Crippen LogP contribution in [0.4, 0.5) is 11.4 Å². The predicted octanol–water partition coefficient (Wildman–Crippen LogP) is 1.97. The van der Waals surface area contributed by atoms with Gasteiger partial charge in [0.1, 0.15) is 6.04 Å². The van der Waals surface area contributed by atoms with E-state index >= 15 is 0 Å².